The topological polar surface area (TPSA) is 0 Å². The zero-order chi connectivity index (χ0) is 7.83. The van der Waals surface area contributed by atoms with Crippen LogP contribution >= 0.6 is 0 Å². The van der Waals surface area contributed by atoms with Crippen LogP contribution in [0.4, 0.5) is 0 Å². The van der Waals surface area contributed by atoms with Crippen LogP contribution < -0.4 is 18.7 Å². The summed E-state index contributed by atoms with van der Waals surface area (Å²) in [5.74, 6) is 0. The fraction of sp³-hybridized carbons (Fsp3) is 1.00. The monoisotopic (exact) mass is 257 g/mol. The second-order valence-corrected chi connectivity index (χ2v) is 15.6. The number of halogens is 1. The maximum absolute atomic E-state index is 2.40. The van der Waals surface area contributed by atoms with Crippen LogP contribution in [0.1, 0.15) is 13.3 Å². The predicted molar refractivity (Wildman–Crippen MR) is 42.9 cm³/mol. The Morgan fingerprint density at radius 1 is 1.20 bits per heavy atom. The third-order valence-electron chi connectivity index (χ3n) is 2.54. The molecule has 64 valence electrons. The van der Waals surface area contributed by atoms with Gasteiger partial charge in [-0.15, -0.1) is 0 Å². The molecule has 0 unspecified atom stereocenters. The van der Waals surface area contributed by atoms with Crippen LogP contribution in [0, 0.1) is 0 Å². The van der Waals surface area contributed by atoms with E-state index in [1.807, 2.05) is 0 Å². The summed E-state index contributed by atoms with van der Waals surface area (Å²) < 4.78 is 6.10. The van der Waals surface area contributed by atoms with E-state index in [0.717, 1.165) is 0 Å². The van der Waals surface area contributed by atoms with Crippen molar-refractivity contribution >= 4 is 0 Å². The molecular weight excluding hydrogens is 237 g/mol. The number of rotatable bonds is 2. The van der Waals surface area contributed by atoms with Gasteiger partial charge in [-0.1, -0.05) is 0 Å². The summed E-state index contributed by atoms with van der Waals surface area (Å²) >= 11 is -1.20. The third-order valence-corrected chi connectivity index (χ3v) is 17.1. The van der Waals surface area contributed by atoms with Gasteiger partial charge in [0.25, 0.3) is 0 Å². The van der Waals surface area contributed by atoms with E-state index in [0.29, 0.717) is 0 Å². The van der Waals surface area contributed by atoms with Gasteiger partial charge in [0.2, 0.25) is 0 Å². The van der Waals surface area contributed by atoms with Gasteiger partial charge < -0.3 is 0 Å². The second-order valence-electron chi connectivity index (χ2n) is 3.77. The van der Waals surface area contributed by atoms with Gasteiger partial charge in [-0.25, -0.2) is 0 Å². The van der Waals surface area contributed by atoms with Crippen LogP contribution in [0.5, 0.6) is 0 Å². The normalized spacial score (nSPS) is 27.2. The average molecular weight is 257 g/mol. The van der Waals surface area contributed by atoms with E-state index in [9.17, 15) is 0 Å². The first-order valence-electron chi connectivity index (χ1n) is 4.02. The molecule has 1 heterocycles. The van der Waals surface area contributed by atoms with Crippen LogP contribution in [0.3, 0.4) is 0 Å². The Balaban J connectivity index is 2.65. The van der Waals surface area contributed by atoms with E-state index in [1.54, 1.807) is 8.86 Å². The quantitative estimate of drug-likeness (QED) is 0.311. The second kappa shape index (κ2) is 2.63. The molecule has 1 aliphatic rings. The zero-order valence-corrected chi connectivity index (χ0v) is 9.81. The Kier molecular flexibility index (Phi) is 2.31. The molecule has 1 aliphatic heterocycles. The molecule has 0 aliphatic carbocycles. The molecule has 0 spiro atoms. The first kappa shape index (κ1) is 8.78. The van der Waals surface area contributed by atoms with Crippen molar-refractivity contribution in [3.05, 3.63) is 0 Å². The minimum absolute atomic E-state index is 1.20. The molecular formula is C8H20IN. The standard InChI is InChI=1S/C8H20IN/c1-5-9(7-6-8-9)10(2,3)4/h5-8H2,1-4H3. The average Bonchev–Trinajstić information content (AvgIpc) is 1.58. The van der Waals surface area contributed by atoms with Crippen LogP contribution in [-0.2, 0) is 0 Å². The molecule has 1 saturated heterocycles. The molecule has 1 fully saturated rings. The molecule has 1 nitrogen and oxygen atoms in total. The van der Waals surface area contributed by atoms with Gasteiger partial charge in [-0.3, -0.25) is 0 Å². The molecule has 0 radical (unpaired) electrons. The molecule has 10 heavy (non-hydrogen) atoms. The summed E-state index contributed by atoms with van der Waals surface area (Å²) in [7, 11) is 7.21. The number of quaternary nitrogens is 1. The zero-order valence-electron chi connectivity index (χ0n) is 7.65. The first-order chi connectivity index (χ1) is 4.52. The van der Waals surface area contributed by atoms with Gasteiger partial charge in [0.15, 0.2) is 0 Å². The summed E-state index contributed by atoms with van der Waals surface area (Å²) in [5.41, 5.74) is 0. The Morgan fingerprint density at radius 3 is 1.70 bits per heavy atom. The molecule has 0 saturated carbocycles. The van der Waals surface area contributed by atoms with Crippen molar-refractivity contribution in [2.45, 2.75) is 13.3 Å². The maximum atomic E-state index is 2.40. The SMILES string of the molecule is CC[I-]1([N+](C)(C)C)CCC1. The Bertz CT molecular complexity index is 116. The Labute approximate surface area is 69.2 Å². The van der Waals surface area contributed by atoms with Crippen LogP contribution in [0.15, 0.2) is 0 Å². The van der Waals surface area contributed by atoms with E-state index in [4.69, 9.17) is 0 Å². The summed E-state index contributed by atoms with van der Waals surface area (Å²) in [6.45, 7) is 2.40. The Hall–Kier alpha value is 0.690. The number of nitrogens with zero attached hydrogens (tertiary/aromatic N) is 1. The van der Waals surface area contributed by atoms with E-state index in [1.165, 1.54) is 13.5 Å². The van der Waals surface area contributed by atoms with Crippen molar-refractivity contribution < 1.29 is 21.4 Å². The molecule has 0 aromatic heterocycles. The van der Waals surface area contributed by atoms with Gasteiger partial charge >= 0.3 is 69.2 Å². The fourth-order valence-electron chi connectivity index (χ4n) is 1.58. The van der Waals surface area contributed by atoms with Crippen LogP contribution in [0.25, 0.3) is 0 Å². The molecule has 0 bridgehead atoms. The molecule has 2 heteroatoms. The minimum atomic E-state index is -1.20. The number of alkyl halides is 3. The Morgan fingerprint density at radius 2 is 1.70 bits per heavy atom. The molecule has 1 rings (SSSR count). The van der Waals surface area contributed by atoms with E-state index in [-0.39, 0.29) is 0 Å². The molecule has 0 atom stereocenters. The van der Waals surface area contributed by atoms with Crippen molar-refractivity contribution in [3.8, 4) is 0 Å². The molecule has 0 N–H and O–H groups in total. The van der Waals surface area contributed by atoms with Gasteiger partial charge in [-0.05, 0) is 0 Å². The van der Waals surface area contributed by atoms with Crippen molar-refractivity contribution in [3.63, 3.8) is 0 Å². The van der Waals surface area contributed by atoms with Gasteiger partial charge in [0, 0.05) is 0 Å². The summed E-state index contributed by atoms with van der Waals surface area (Å²) in [6.07, 6.45) is 1.53. The third kappa shape index (κ3) is 1.20. The molecule has 0 aromatic carbocycles. The fourth-order valence-corrected chi connectivity index (χ4v) is 10.6. The van der Waals surface area contributed by atoms with Crippen LogP contribution in [0.2, 0.25) is 0 Å². The first-order valence-corrected chi connectivity index (χ1v) is 9.56. The van der Waals surface area contributed by atoms with E-state index >= 15 is 0 Å². The van der Waals surface area contributed by atoms with Crippen molar-refractivity contribution in [1.29, 1.82) is 0 Å². The van der Waals surface area contributed by atoms with Crippen molar-refractivity contribution in [1.82, 2.24) is 0 Å². The van der Waals surface area contributed by atoms with Gasteiger partial charge in [0.05, 0.1) is 0 Å². The number of hydrogen-bond acceptors (Lipinski definition) is 0. The van der Waals surface area contributed by atoms with Gasteiger partial charge in [-0.2, -0.15) is 0 Å². The molecule has 0 aromatic rings. The number of hydrogen-bond donors (Lipinski definition) is 0. The summed E-state index contributed by atoms with van der Waals surface area (Å²) in [6, 6.07) is 0. The summed E-state index contributed by atoms with van der Waals surface area (Å²) in [5, 5.41) is 0. The molecule has 0 amide bonds. The summed E-state index contributed by atoms with van der Waals surface area (Å²) in [4.78, 5) is 0. The van der Waals surface area contributed by atoms with Crippen molar-refractivity contribution in [2.24, 2.45) is 0 Å². The van der Waals surface area contributed by atoms with E-state index < -0.39 is 18.7 Å². The van der Waals surface area contributed by atoms with Crippen molar-refractivity contribution in [2.75, 3.05) is 34.4 Å². The van der Waals surface area contributed by atoms with Gasteiger partial charge in [0.1, 0.15) is 0 Å². The van der Waals surface area contributed by atoms with E-state index in [2.05, 4.69) is 28.1 Å². The predicted octanol–water partition coefficient (Wildman–Crippen LogP) is -1.81. The van der Waals surface area contributed by atoms with Crippen LogP contribution in [-0.4, -0.2) is 37.1 Å².